The normalized spacial score (nSPS) is 19.5. The van der Waals surface area contributed by atoms with Crippen molar-refractivity contribution in [2.75, 3.05) is 13.1 Å². The fraction of sp³-hybridized carbons (Fsp3) is 0.600. The minimum absolute atomic E-state index is 0.240. The highest BCUT2D eigenvalue weighted by Gasteiger charge is 2.23. The second-order valence-electron chi connectivity index (χ2n) is 5.93. The molecule has 9 nitrogen and oxygen atoms in total. The van der Waals surface area contributed by atoms with Crippen molar-refractivity contribution in [2.45, 2.75) is 38.5 Å². The number of carboxylic acids is 1. The predicted molar refractivity (Wildman–Crippen MR) is 86.4 cm³/mol. The zero-order valence-corrected chi connectivity index (χ0v) is 13.5. The summed E-state index contributed by atoms with van der Waals surface area (Å²) in [5.41, 5.74) is 2.35. The number of aliphatic imine (C=N–C) groups is 1. The molecule has 0 unspecified atom stereocenters. The van der Waals surface area contributed by atoms with Gasteiger partial charge >= 0.3 is 17.8 Å². The number of carboxylic acid groups (broad SMARTS) is 1. The number of allylic oxidation sites excluding steroid dienone is 1. The number of nitrogens with one attached hydrogen (secondary N) is 2. The Bertz CT molecular complexity index is 562. The second kappa shape index (κ2) is 8.44. The van der Waals surface area contributed by atoms with Crippen molar-refractivity contribution in [3.63, 3.8) is 0 Å². The maximum Gasteiger partial charge on any atom is 0.323 e. The first-order chi connectivity index (χ1) is 11.5. The lowest BCUT2D eigenvalue weighted by molar-refractivity contribution is -0.142. The quantitative estimate of drug-likeness (QED) is 0.236. The van der Waals surface area contributed by atoms with Crippen LogP contribution in [0.4, 0.5) is 0 Å². The van der Waals surface area contributed by atoms with E-state index in [1.165, 1.54) is 0 Å². The summed E-state index contributed by atoms with van der Waals surface area (Å²) in [6.07, 6.45) is 5.81. The van der Waals surface area contributed by atoms with Gasteiger partial charge in [-0.15, -0.1) is 0 Å². The topological polar surface area (TPSA) is 137 Å². The molecule has 1 saturated heterocycles. The van der Waals surface area contributed by atoms with Crippen molar-refractivity contribution < 1.29 is 19.5 Å². The van der Waals surface area contributed by atoms with Crippen LogP contribution in [-0.4, -0.2) is 46.7 Å². The first-order valence-corrected chi connectivity index (χ1v) is 8.06. The summed E-state index contributed by atoms with van der Waals surface area (Å²) in [6.45, 7) is 1.57. The molecule has 2 aliphatic rings. The molecule has 5 N–H and O–H groups in total. The first-order valence-electron chi connectivity index (χ1n) is 8.06. The Morgan fingerprint density at radius 3 is 2.33 bits per heavy atom. The van der Waals surface area contributed by atoms with E-state index in [2.05, 4.69) is 15.2 Å². The van der Waals surface area contributed by atoms with Crippen LogP contribution in [0, 0.1) is 5.92 Å². The number of hydrazine groups is 1. The molecule has 0 aliphatic carbocycles. The highest BCUT2D eigenvalue weighted by Crippen LogP contribution is 2.20. The molecule has 2 amide bonds. The summed E-state index contributed by atoms with van der Waals surface area (Å²) in [7, 11) is 0. The standard InChI is InChI=1S/C15H23N5O4/c16-19-14(22)13(21)18-11-5-6-12(17-9-11)20-7-1-3-10(15(23)24)4-2-8-20/h9-10H,1-8,16H2,(H,18,21)(H,19,22)(H,23,24). The van der Waals surface area contributed by atoms with E-state index < -0.39 is 17.8 Å². The number of amidine groups is 1. The number of hydrogen-bond donors (Lipinski definition) is 4. The Labute approximate surface area is 139 Å². The monoisotopic (exact) mass is 337 g/mol. The molecule has 2 rings (SSSR count). The Kier molecular flexibility index (Phi) is 6.30. The molecule has 0 saturated carbocycles. The molecular formula is C15H23N5O4. The number of nitrogens with two attached hydrogens (primary N) is 1. The van der Waals surface area contributed by atoms with Gasteiger partial charge in [-0.2, -0.15) is 0 Å². The van der Waals surface area contributed by atoms with E-state index in [4.69, 9.17) is 10.9 Å². The molecule has 0 bridgehead atoms. The lowest BCUT2D eigenvalue weighted by atomic mass is 9.95. The van der Waals surface area contributed by atoms with Crippen molar-refractivity contribution in [1.82, 2.24) is 15.6 Å². The summed E-state index contributed by atoms with van der Waals surface area (Å²) in [5.74, 6) is 3.18. The average Bonchev–Trinajstić information content (AvgIpc) is 2.54. The third-order valence-electron chi connectivity index (χ3n) is 4.27. The smallest absolute Gasteiger partial charge is 0.323 e. The van der Waals surface area contributed by atoms with Gasteiger partial charge in [0.1, 0.15) is 5.84 Å². The molecule has 132 valence electrons. The third-order valence-corrected chi connectivity index (χ3v) is 4.27. The summed E-state index contributed by atoms with van der Waals surface area (Å²) in [4.78, 5) is 40.2. The Hall–Kier alpha value is -2.42. The van der Waals surface area contributed by atoms with E-state index in [1.54, 1.807) is 11.6 Å². The number of aliphatic carboxylic acids is 1. The van der Waals surface area contributed by atoms with Gasteiger partial charge in [-0.25, -0.2) is 10.8 Å². The minimum Gasteiger partial charge on any atom is -0.481 e. The summed E-state index contributed by atoms with van der Waals surface area (Å²) < 4.78 is 0. The van der Waals surface area contributed by atoms with E-state index in [0.717, 1.165) is 31.8 Å². The fourth-order valence-electron chi connectivity index (χ4n) is 2.95. The van der Waals surface area contributed by atoms with Gasteiger partial charge < -0.3 is 15.3 Å². The van der Waals surface area contributed by atoms with Crippen LogP contribution in [0.5, 0.6) is 0 Å². The van der Waals surface area contributed by atoms with Crippen molar-refractivity contribution in [3.05, 3.63) is 11.9 Å². The molecule has 0 aromatic carbocycles. The Balaban J connectivity index is 1.90. The number of hydrogen-bond acceptors (Lipinski definition) is 6. The van der Waals surface area contributed by atoms with Crippen molar-refractivity contribution in [3.8, 4) is 0 Å². The summed E-state index contributed by atoms with van der Waals surface area (Å²) in [6, 6.07) is 0. The van der Waals surface area contributed by atoms with E-state index in [-0.39, 0.29) is 5.92 Å². The minimum atomic E-state index is -0.901. The second-order valence-corrected chi connectivity index (χ2v) is 5.93. The van der Waals surface area contributed by atoms with Crippen LogP contribution in [-0.2, 0) is 14.4 Å². The van der Waals surface area contributed by atoms with Crippen LogP contribution < -0.4 is 16.6 Å². The lowest BCUT2D eigenvalue weighted by Gasteiger charge is -2.30. The SMILES string of the molecule is NNC(=O)C(=O)NC1=CN=C(N2CCCC(C(=O)O)CCC2)CC1. The van der Waals surface area contributed by atoms with Gasteiger partial charge in [-0.3, -0.25) is 19.8 Å². The zero-order chi connectivity index (χ0) is 17.5. The third kappa shape index (κ3) is 4.79. The largest absolute Gasteiger partial charge is 0.481 e. The Morgan fingerprint density at radius 2 is 1.83 bits per heavy atom. The molecule has 24 heavy (non-hydrogen) atoms. The Morgan fingerprint density at radius 1 is 1.17 bits per heavy atom. The molecule has 1 fully saturated rings. The van der Waals surface area contributed by atoms with Gasteiger partial charge in [0.05, 0.1) is 5.92 Å². The molecule has 0 spiro atoms. The average molecular weight is 337 g/mol. The summed E-state index contributed by atoms with van der Waals surface area (Å²) >= 11 is 0. The molecule has 2 aliphatic heterocycles. The molecule has 0 atom stereocenters. The zero-order valence-electron chi connectivity index (χ0n) is 13.5. The molecule has 0 aromatic heterocycles. The molecule has 0 aromatic rings. The maximum atomic E-state index is 11.4. The van der Waals surface area contributed by atoms with Gasteiger partial charge in [0.25, 0.3) is 0 Å². The molecule has 2 heterocycles. The fourth-order valence-corrected chi connectivity index (χ4v) is 2.95. The molecule has 0 radical (unpaired) electrons. The molecular weight excluding hydrogens is 314 g/mol. The highest BCUT2D eigenvalue weighted by molar-refractivity contribution is 6.35. The number of rotatable bonds is 2. The number of nitrogens with zero attached hydrogens (tertiary/aromatic N) is 2. The predicted octanol–water partition coefficient (Wildman–Crippen LogP) is -0.297. The maximum absolute atomic E-state index is 11.4. The highest BCUT2D eigenvalue weighted by atomic mass is 16.4. The van der Waals surface area contributed by atoms with E-state index >= 15 is 0 Å². The van der Waals surface area contributed by atoms with Gasteiger partial charge in [0.2, 0.25) is 0 Å². The van der Waals surface area contributed by atoms with Crippen molar-refractivity contribution in [2.24, 2.45) is 16.8 Å². The number of carbonyl (C=O) groups is 3. The van der Waals surface area contributed by atoms with Crippen molar-refractivity contribution >= 4 is 23.6 Å². The van der Waals surface area contributed by atoms with E-state index in [0.29, 0.717) is 31.4 Å². The van der Waals surface area contributed by atoms with E-state index in [1.807, 2.05) is 0 Å². The summed E-state index contributed by atoms with van der Waals surface area (Å²) in [5, 5.41) is 11.6. The van der Waals surface area contributed by atoms with Crippen LogP contribution in [0.15, 0.2) is 16.9 Å². The van der Waals surface area contributed by atoms with Gasteiger partial charge in [-0.05, 0) is 32.1 Å². The van der Waals surface area contributed by atoms with Crippen LogP contribution in [0.3, 0.4) is 0 Å². The first kappa shape index (κ1) is 17.9. The lowest BCUT2D eigenvalue weighted by Crippen LogP contribution is -2.43. The van der Waals surface area contributed by atoms with E-state index in [9.17, 15) is 14.4 Å². The van der Waals surface area contributed by atoms with Gasteiger partial charge in [-0.1, -0.05) is 0 Å². The number of amides is 2. The van der Waals surface area contributed by atoms with Crippen LogP contribution in [0.25, 0.3) is 0 Å². The van der Waals surface area contributed by atoms with Crippen LogP contribution in [0.2, 0.25) is 0 Å². The van der Waals surface area contributed by atoms with Crippen LogP contribution >= 0.6 is 0 Å². The van der Waals surface area contributed by atoms with Crippen LogP contribution in [0.1, 0.15) is 38.5 Å². The van der Waals surface area contributed by atoms with Gasteiger partial charge in [0, 0.05) is 31.4 Å². The molecule has 9 heteroatoms. The number of carbonyl (C=O) groups excluding carboxylic acids is 2. The van der Waals surface area contributed by atoms with Gasteiger partial charge in [0.15, 0.2) is 0 Å². The van der Waals surface area contributed by atoms with Crippen molar-refractivity contribution in [1.29, 1.82) is 0 Å². The number of likely N-dealkylation sites (tertiary alicyclic amines) is 1.